The molecule has 3 nitrogen and oxygen atoms in total. The van der Waals surface area contributed by atoms with Gasteiger partial charge >= 0.3 is 0 Å². The SMILES string of the molecule is C=C(N)/N=C(\C=C/C)Nc1ccc(C)c(F)c1. The maximum atomic E-state index is 13.3. The Morgan fingerprint density at radius 3 is 2.76 bits per heavy atom. The Labute approximate surface area is 101 Å². The molecule has 0 bridgehead atoms. The third-order valence-electron chi connectivity index (χ3n) is 2.03. The summed E-state index contributed by atoms with van der Waals surface area (Å²) in [6.45, 7) is 7.06. The van der Waals surface area contributed by atoms with Crippen LogP contribution in [0.5, 0.6) is 0 Å². The molecular formula is C13H16FN3. The summed E-state index contributed by atoms with van der Waals surface area (Å²) in [4.78, 5) is 3.99. The summed E-state index contributed by atoms with van der Waals surface area (Å²) in [5.41, 5.74) is 6.62. The third kappa shape index (κ3) is 4.10. The largest absolute Gasteiger partial charge is 0.384 e. The number of hydrogen-bond donors (Lipinski definition) is 2. The number of nitrogens with zero attached hydrogens (tertiary/aromatic N) is 1. The number of anilines is 1. The van der Waals surface area contributed by atoms with Crippen molar-refractivity contribution in [2.24, 2.45) is 10.7 Å². The molecule has 0 aliphatic carbocycles. The van der Waals surface area contributed by atoms with E-state index in [1.165, 1.54) is 6.07 Å². The Morgan fingerprint density at radius 2 is 2.24 bits per heavy atom. The molecule has 0 aromatic heterocycles. The van der Waals surface area contributed by atoms with Crippen molar-refractivity contribution in [2.45, 2.75) is 13.8 Å². The van der Waals surface area contributed by atoms with Gasteiger partial charge in [0.25, 0.3) is 0 Å². The van der Waals surface area contributed by atoms with Crippen LogP contribution in [-0.2, 0) is 0 Å². The second-order valence-electron chi connectivity index (χ2n) is 3.58. The number of aryl methyl sites for hydroxylation is 1. The summed E-state index contributed by atoms with van der Waals surface area (Å²) in [5, 5.41) is 2.96. The van der Waals surface area contributed by atoms with Crippen LogP contribution in [-0.4, -0.2) is 5.84 Å². The van der Waals surface area contributed by atoms with Gasteiger partial charge in [0, 0.05) is 5.69 Å². The molecule has 90 valence electrons. The normalized spacial score (nSPS) is 11.8. The fraction of sp³-hybridized carbons (Fsp3) is 0.154. The zero-order valence-electron chi connectivity index (χ0n) is 10.00. The van der Waals surface area contributed by atoms with Gasteiger partial charge in [-0.05, 0) is 37.6 Å². The summed E-state index contributed by atoms with van der Waals surface area (Å²) >= 11 is 0. The molecule has 1 aromatic rings. The van der Waals surface area contributed by atoms with Gasteiger partial charge in [-0.2, -0.15) is 0 Å². The van der Waals surface area contributed by atoms with E-state index in [-0.39, 0.29) is 11.6 Å². The molecule has 0 unspecified atom stereocenters. The highest BCUT2D eigenvalue weighted by Gasteiger charge is 2.01. The standard InChI is InChI=1S/C13H16FN3/c1-4-5-13(16-10(3)15)17-11-7-6-9(2)12(14)8-11/h4-8H,3,15H2,1-2H3,(H,16,17)/b5-4-. The van der Waals surface area contributed by atoms with E-state index in [0.717, 1.165) is 0 Å². The maximum absolute atomic E-state index is 13.3. The molecule has 0 aliphatic heterocycles. The molecule has 4 heteroatoms. The third-order valence-corrected chi connectivity index (χ3v) is 2.03. The van der Waals surface area contributed by atoms with Crippen LogP contribution in [0.2, 0.25) is 0 Å². The molecular weight excluding hydrogens is 217 g/mol. The van der Waals surface area contributed by atoms with Crippen molar-refractivity contribution < 1.29 is 4.39 Å². The molecule has 0 saturated carbocycles. The number of amidine groups is 1. The smallest absolute Gasteiger partial charge is 0.132 e. The van der Waals surface area contributed by atoms with Crippen LogP contribution in [0.4, 0.5) is 10.1 Å². The van der Waals surface area contributed by atoms with Crippen molar-refractivity contribution in [3.8, 4) is 0 Å². The number of rotatable bonds is 3. The molecule has 1 aromatic carbocycles. The topological polar surface area (TPSA) is 50.4 Å². The van der Waals surface area contributed by atoms with Crippen LogP contribution in [0.3, 0.4) is 0 Å². The first kappa shape index (κ1) is 13.0. The lowest BCUT2D eigenvalue weighted by Crippen LogP contribution is -2.11. The fourth-order valence-corrected chi connectivity index (χ4v) is 1.24. The molecule has 0 radical (unpaired) electrons. The lowest BCUT2D eigenvalue weighted by Gasteiger charge is -2.07. The van der Waals surface area contributed by atoms with Gasteiger partial charge in [0.1, 0.15) is 17.5 Å². The summed E-state index contributed by atoms with van der Waals surface area (Å²) in [6, 6.07) is 4.88. The fourth-order valence-electron chi connectivity index (χ4n) is 1.24. The number of hydrogen-bond acceptors (Lipinski definition) is 2. The molecule has 0 fully saturated rings. The second kappa shape index (κ2) is 5.84. The van der Waals surface area contributed by atoms with Gasteiger partial charge in [0.15, 0.2) is 0 Å². The highest BCUT2D eigenvalue weighted by Crippen LogP contribution is 2.13. The predicted molar refractivity (Wildman–Crippen MR) is 70.3 cm³/mol. The van der Waals surface area contributed by atoms with E-state index in [4.69, 9.17) is 5.73 Å². The van der Waals surface area contributed by atoms with Gasteiger partial charge in [0.05, 0.1) is 0 Å². The lowest BCUT2D eigenvalue weighted by molar-refractivity contribution is 0.619. The minimum absolute atomic E-state index is 0.193. The van der Waals surface area contributed by atoms with Crippen molar-refractivity contribution in [2.75, 3.05) is 5.32 Å². The van der Waals surface area contributed by atoms with E-state index in [1.807, 2.05) is 6.92 Å². The van der Waals surface area contributed by atoms with Gasteiger partial charge in [-0.15, -0.1) is 0 Å². The van der Waals surface area contributed by atoms with Gasteiger partial charge in [0.2, 0.25) is 0 Å². The number of nitrogens with two attached hydrogens (primary N) is 1. The molecule has 17 heavy (non-hydrogen) atoms. The minimum Gasteiger partial charge on any atom is -0.384 e. The first-order chi connectivity index (χ1) is 8.02. The van der Waals surface area contributed by atoms with Crippen molar-refractivity contribution in [1.82, 2.24) is 0 Å². The summed E-state index contributed by atoms with van der Waals surface area (Å²) in [6.07, 6.45) is 3.54. The molecule has 0 atom stereocenters. The number of halogens is 1. The second-order valence-corrected chi connectivity index (χ2v) is 3.58. The van der Waals surface area contributed by atoms with Crippen LogP contribution in [0, 0.1) is 12.7 Å². The molecule has 3 N–H and O–H groups in total. The number of nitrogens with one attached hydrogen (secondary N) is 1. The van der Waals surface area contributed by atoms with Crippen LogP contribution < -0.4 is 11.1 Å². The summed E-state index contributed by atoms with van der Waals surface area (Å²) < 4.78 is 13.3. The molecule has 0 heterocycles. The van der Waals surface area contributed by atoms with Gasteiger partial charge in [-0.1, -0.05) is 18.7 Å². The quantitative estimate of drug-likeness (QED) is 0.623. The highest BCUT2D eigenvalue weighted by atomic mass is 19.1. The van der Waals surface area contributed by atoms with E-state index in [9.17, 15) is 4.39 Å². The van der Waals surface area contributed by atoms with Crippen molar-refractivity contribution in [1.29, 1.82) is 0 Å². The number of benzene rings is 1. The van der Waals surface area contributed by atoms with E-state index >= 15 is 0 Å². The Kier molecular flexibility index (Phi) is 4.46. The van der Waals surface area contributed by atoms with Crippen molar-refractivity contribution >= 4 is 11.5 Å². The molecule has 0 spiro atoms. The number of allylic oxidation sites excluding steroid dienone is 1. The van der Waals surface area contributed by atoms with Gasteiger partial charge in [-0.25, -0.2) is 9.38 Å². The molecule has 0 saturated heterocycles. The maximum Gasteiger partial charge on any atom is 0.132 e. The van der Waals surface area contributed by atoms with Crippen LogP contribution >= 0.6 is 0 Å². The Balaban J connectivity index is 2.94. The van der Waals surface area contributed by atoms with Crippen LogP contribution in [0.1, 0.15) is 12.5 Å². The summed E-state index contributed by atoms with van der Waals surface area (Å²) in [7, 11) is 0. The molecule has 0 aliphatic rings. The average molecular weight is 233 g/mol. The monoisotopic (exact) mass is 233 g/mol. The Bertz CT molecular complexity index is 476. The summed E-state index contributed by atoms with van der Waals surface area (Å²) in [5.74, 6) is 0.447. The Hall–Kier alpha value is -2.10. The zero-order chi connectivity index (χ0) is 12.8. The van der Waals surface area contributed by atoms with Crippen molar-refractivity contribution in [3.05, 3.63) is 54.1 Å². The van der Waals surface area contributed by atoms with Crippen LogP contribution in [0.15, 0.2) is 47.7 Å². The zero-order valence-corrected chi connectivity index (χ0v) is 10.00. The highest BCUT2D eigenvalue weighted by molar-refractivity contribution is 6.04. The minimum atomic E-state index is -0.263. The first-order valence-corrected chi connectivity index (χ1v) is 5.22. The molecule has 0 amide bonds. The van der Waals surface area contributed by atoms with E-state index in [1.54, 1.807) is 31.2 Å². The lowest BCUT2D eigenvalue weighted by atomic mass is 10.2. The predicted octanol–water partition coefficient (Wildman–Crippen LogP) is 2.95. The van der Waals surface area contributed by atoms with E-state index in [2.05, 4.69) is 16.9 Å². The number of aliphatic imine (C=N–C) groups is 1. The average Bonchev–Trinajstić information content (AvgIpc) is 2.23. The van der Waals surface area contributed by atoms with Gasteiger partial charge < -0.3 is 11.1 Å². The first-order valence-electron chi connectivity index (χ1n) is 5.22. The van der Waals surface area contributed by atoms with Crippen LogP contribution in [0.25, 0.3) is 0 Å². The van der Waals surface area contributed by atoms with E-state index in [0.29, 0.717) is 17.1 Å². The van der Waals surface area contributed by atoms with Gasteiger partial charge in [-0.3, -0.25) is 0 Å². The Morgan fingerprint density at radius 1 is 1.53 bits per heavy atom. The van der Waals surface area contributed by atoms with E-state index < -0.39 is 0 Å². The molecule has 1 rings (SSSR count). The van der Waals surface area contributed by atoms with Crippen molar-refractivity contribution in [3.63, 3.8) is 0 Å².